The first-order valence-corrected chi connectivity index (χ1v) is 13.3. The summed E-state index contributed by atoms with van der Waals surface area (Å²) >= 11 is 14.6. The van der Waals surface area contributed by atoms with Crippen LogP contribution in [0.3, 0.4) is 0 Å². The van der Waals surface area contributed by atoms with Crippen LogP contribution in [0.25, 0.3) is 0 Å². The second kappa shape index (κ2) is 11.5. The third-order valence-electron chi connectivity index (χ3n) is 6.69. The fourth-order valence-electron chi connectivity index (χ4n) is 5.42. The van der Waals surface area contributed by atoms with Gasteiger partial charge >= 0.3 is 19.5 Å². The summed E-state index contributed by atoms with van der Waals surface area (Å²) < 4.78 is -0.143. The Morgan fingerprint density at radius 2 is 1.41 bits per heavy atom. The van der Waals surface area contributed by atoms with E-state index >= 15 is 0 Å². The Balaban J connectivity index is 0.00000261. The molecule has 27 heavy (non-hydrogen) atoms. The van der Waals surface area contributed by atoms with E-state index in [0.717, 1.165) is 24.2 Å². The van der Waals surface area contributed by atoms with Crippen molar-refractivity contribution in [3.8, 4) is 0 Å². The van der Waals surface area contributed by atoms with Gasteiger partial charge < -0.3 is 0 Å². The molecule has 4 heteroatoms. The molecule has 2 atom stereocenters. The minimum absolute atomic E-state index is 0. The Kier molecular flexibility index (Phi) is 10.4. The van der Waals surface area contributed by atoms with Gasteiger partial charge in [0.2, 0.25) is 0 Å². The molecule has 0 amide bonds. The fraction of sp³-hybridized carbons (Fsp3) is 0.826. The van der Waals surface area contributed by atoms with Crippen LogP contribution in [-0.4, -0.2) is 21.3 Å². The van der Waals surface area contributed by atoms with Gasteiger partial charge in [0.15, 0.2) is 0 Å². The summed E-state index contributed by atoms with van der Waals surface area (Å²) in [4.78, 5) is 0. The van der Waals surface area contributed by atoms with Gasteiger partial charge in [-0.2, -0.15) is 0 Å². The zero-order chi connectivity index (χ0) is 18.6. The maximum absolute atomic E-state index is 7.70. The molecule has 0 radical (unpaired) electrons. The average Bonchev–Trinajstić information content (AvgIpc) is 2.63. The van der Waals surface area contributed by atoms with Gasteiger partial charge in [-0.25, -0.2) is 0 Å². The van der Waals surface area contributed by atoms with E-state index in [1.54, 1.807) is 0 Å². The van der Waals surface area contributed by atoms with Crippen molar-refractivity contribution in [3.05, 3.63) is 23.3 Å². The van der Waals surface area contributed by atoms with Crippen molar-refractivity contribution in [2.24, 2.45) is 0 Å². The first kappa shape index (κ1) is 24.4. The molecule has 0 aromatic heterocycles. The molecule has 3 saturated carbocycles. The molecule has 0 heterocycles. The summed E-state index contributed by atoms with van der Waals surface area (Å²) in [6.45, 7) is 4.34. The Labute approximate surface area is 191 Å². The van der Waals surface area contributed by atoms with Gasteiger partial charge in [0.1, 0.15) is 0 Å². The minimum atomic E-state index is -0.211. The smallest absolute Gasteiger partial charge is 0.118 e. The number of rotatable bonds is 4. The first-order valence-electron chi connectivity index (χ1n) is 11.0. The average molecular weight is 516 g/mol. The van der Waals surface area contributed by atoms with Gasteiger partial charge in [-0.1, -0.05) is 64.2 Å². The van der Waals surface area contributed by atoms with Gasteiger partial charge in [-0.3, -0.25) is 0 Å². The number of alkyl halides is 2. The second-order valence-corrected chi connectivity index (χ2v) is 13.5. The van der Waals surface area contributed by atoms with Crippen LogP contribution in [0.1, 0.15) is 97.3 Å². The predicted molar refractivity (Wildman–Crippen MR) is 120 cm³/mol. The van der Waals surface area contributed by atoms with Crippen LogP contribution in [0.15, 0.2) is 23.3 Å². The van der Waals surface area contributed by atoms with Crippen LogP contribution in [0, 0.1) is 0 Å². The van der Waals surface area contributed by atoms with Gasteiger partial charge in [-0.05, 0) is 75.7 Å². The number of hydrogen-bond donors (Lipinski definition) is 0. The molecule has 0 spiro atoms. The Hall–Kier alpha value is 1.11. The maximum atomic E-state index is 7.70. The molecule has 0 N–H and O–H groups in total. The standard InChI is InChI=1S/C23H37Cl2P.Ru/c1-18(2)15-16-21-22(24)14-9-17-23(21,25)26(19-10-5-3-6-11-19)20-12-7-4-8-13-20;/h15-16,19-20,22H,3-14,17H2,1-2H3;/q;+2. The van der Waals surface area contributed by atoms with E-state index in [1.807, 2.05) is 0 Å². The van der Waals surface area contributed by atoms with Gasteiger partial charge in [0.25, 0.3) is 0 Å². The maximum Gasteiger partial charge on any atom is 2.00 e. The summed E-state index contributed by atoms with van der Waals surface area (Å²) in [5.41, 5.74) is 4.45. The van der Waals surface area contributed by atoms with E-state index in [1.165, 1.54) is 81.8 Å². The van der Waals surface area contributed by atoms with E-state index in [-0.39, 0.29) is 37.4 Å². The van der Waals surface area contributed by atoms with Gasteiger partial charge in [0.05, 0.1) is 9.99 Å². The fourth-order valence-corrected chi connectivity index (χ4v) is 11.7. The third-order valence-corrected chi connectivity index (χ3v) is 12.0. The van der Waals surface area contributed by atoms with E-state index in [0.29, 0.717) is 0 Å². The van der Waals surface area contributed by atoms with Crippen molar-refractivity contribution in [3.63, 3.8) is 0 Å². The number of halogens is 2. The van der Waals surface area contributed by atoms with Crippen LogP contribution < -0.4 is 0 Å². The zero-order valence-electron chi connectivity index (χ0n) is 17.1. The van der Waals surface area contributed by atoms with Gasteiger partial charge in [0, 0.05) is 0 Å². The van der Waals surface area contributed by atoms with Crippen LogP contribution in [0.2, 0.25) is 0 Å². The molecule has 3 fully saturated rings. The van der Waals surface area contributed by atoms with E-state index in [4.69, 9.17) is 23.2 Å². The first-order chi connectivity index (χ1) is 12.5. The number of hydrogen-bond acceptors (Lipinski definition) is 0. The molecule has 0 aromatic carbocycles. The molecular weight excluding hydrogens is 479 g/mol. The second-order valence-electron chi connectivity index (χ2n) is 8.98. The van der Waals surface area contributed by atoms with Crippen molar-refractivity contribution >= 4 is 31.1 Å². The molecule has 0 aromatic rings. The Morgan fingerprint density at radius 1 is 0.889 bits per heavy atom. The molecule has 0 aliphatic heterocycles. The molecule has 0 nitrogen and oxygen atoms in total. The normalized spacial score (nSPS) is 32.3. The molecule has 0 bridgehead atoms. The number of allylic oxidation sites excluding steroid dienone is 4. The molecule has 154 valence electrons. The molecule has 3 rings (SSSR count). The SMILES string of the molecule is CC(C)=CC=C1C(Cl)CCCC1(Cl)P(C1CCCCC1)C1CCCCC1.[Ru+2]. The van der Waals surface area contributed by atoms with E-state index in [9.17, 15) is 0 Å². The van der Waals surface area contributed by atoms with Crippen molar-refractivity contribution < 1.29 is 19.5 Å². The van der Waals surface area contributed by atoms with Crippen LogP contribution in [0.5, 0.6) is 0 Å². The van der Waals surface area contributed by atoms with Crippen LogP contribution >= 0.6 is 31.1 Å². The third kappa shape index (κ3) is 6.06. The predicted octanol–water partition coefficient (Wildman–Crippen LogP) is 8.75. The quantitative estimate of drug-likeness (QED) is 0.199. The van der Waals surface area contributed by atoms with Crippen molar-refractivity contribution in [2.45, 2.75) is 119 Å². The minimum Gasteiger partial charge on any atom is -0.118 e. The molecular formula is C23H37Cl2PRu+2. The molecule has 3 aliphatic carbocycles. The molecule has 0 saturated heterocycles. The van der Waals surface area contributed by atoms with Crippen LogP contribution in [0.4, 0.5) is 0 Å². The monoisotopic (exact) mass is 516 g/mol. The zero-order valence-corrected chi connectivity index (χ0v) is 21.3. The topological polar surface area (TPSA) is 0 Å². The Bertz CT molecular complexity index is 498. The van der Waals surface area contributed by atoms with E-state index < -0.39 is 0 Å². The van der Waals surface area contributed by atoms with Gasteiger partial charge in [-0.15, -0.1) is 23.2 Å². The molecule has 2 unspecified atom stereocenters. The summed E-state index contributed by atoms with van der Waals surface area (Å²) in [6, 6.07) is 0. The summed E-state index contributed by atoms with van der Waals surface area (Å²) in [7, 11) is -0.211. The van der Waals surface area contributed by atoms with Crippen molar-refractivity contribution in [2.75, 3.05) is 0 Å². The summed E-state index contributed by atoms with van der Waals surface area (Å²) in [5.74, 6) is 0. The molecule has 3 aliphatic rings. The summed E-state index contributed by atoms with van der Waals surface area (Å²) in [5, 5.41) is 0.133. The van der Waals surface area contributed by atoms with E-state index in [2.05, 4.69) is 26.0 Å². The van der Waals surface area contributed by atoms with Crippen LogP contribution in [-0.2, 0) is 19.5 Å². The van der Waals surface area contributed by atoms with Crippen molar-refractivity contribution in [1.82, 2.24) is 0 Å². The summed E-state index contributed by atoms with van der Waals surface area (Å²) in [6.07, 6.45) is 22.2. The largest absolute Gasteiger partial charge is 2.00 e. The van der Waals surface area contributed by atoms with Crippen molar-refractivity contribution in [1.29, 1.82) is 0 Å². The Morgan fingerprint density at radius 3 is 1.89 bits per heavy atom.